The number of aromatic nitrogens is 2. The molecule has 1 aromatic carbocycles. The molecule has 3 heterocycles. The van der Waals surface area contributed by atoms with Gasteiger partial charge in [0.2, 0.25) is 0 Å². The van der Waals surface area contributed by atoms with Gasteiger partial charge in [0.1, 0.15) is 18.0 Å². The zero-order chi connectivity index (χ0) is 20.2. The number of hydrogen-bond donors (Lipinski definition) is 0. The molecule has 0 saturated carbocycles. The highest BCUT2D eigenvalue weighted by atomic mass is 16.2. The number of Topliss-reactive ketones (excluding diaryl/α,β-unsaturated/α-hetero) is 1. The van der Waals surface area contributed by atoms with Crippen molar-refractivity contribution in [3.05, 3.63) is 47.8 Å². The Morgan fingerprint density at radius 2 is 1.31 bits per heavy atom. The molecular formula is C22H27N5O2. The molecule has 2 fully saturated rings. The number of ketones is 1. The van der Waals surface area contributed by atoms with Crippen molar-refractivity contribution in [1.82, 2.24) is 14.9 Å². The molecule has 4 rings (SSSR count). The van der Waals surface area contributed by atoms with E-state index >= 15 is 0 Å². The van der Waals surface area contributed by atoms with E-state index in [1.165, 1.54) is 26.2 Å². The molecule has 0 aliphatic carbocycles. The Hall–Kier alpha value is -2.96. The van der Waals surface area contributed by atoms with Gasteiger partial charge in [-0.1, -0.05) is 12.1 Å². The Kier molecular flexibility index (Phi) is 5.74. The molecule has 0 radical (unpaired) electrons. The first-order valence-electron chi connectivity index (χ1n) is 10.3. The summed E-state index contributed by atoms with van der Waals surface area (Å²) in [7, 11) is 0. The predicted molar refractivity (Wildman–Crippen MR) is 113 cm³/mol. The van der Waals surface area contributed by atoms with Gasteiger partial charge < -0.3 is 14.7 Å². The van der Waals surface area contributed by atoms with E-state index in [1.807, 2.05) is 4.90 Å². The molecule has 2 aliphatic heterocycles. The topological polar surface area (TPSA) is 69.6 Å². The summed E-state index contributed by atoms with van der Waals surface area (Å²) in [6.07, 6.45) is 5.37. The Morgan fingerprint density at radius 1 is 0.759 bits per heavy atom. The van der Waals surface area contributed by atoms with Crippen LogP contribution < -0.4 is 9.80 Å². The molecule has 2 aromatic rings. The molecule has 0 unspecified atom stereocenters. The van der Waals surface area contributed by atoms with Crippen LogP contribution in [0, 0.1) is 0 Å². The van der Waals surface area contributed by atoms with Gasteiger partial charge in [0.15, 0.2) is 5.78 Å². The second kappa shape index (κ2) is 8.59. The van der Waals surface area contributed by atoms with Crippen LogP contribution in [0.1, 0.15) is 46.9 Å². The summed E-state index contributed by atoms with van der Waals surface area (Å²) < 4.78 is 0. The summed E-state index contributed by atoms with van der Waals surface area (Å²) in [5, 5.41) is 0. The van der Waals surface area contributed by atoms with Crippen molar-refractivity contribution in [3.8, 4) is 0 Å². The lowest BCUT2D eigenvalue weighted by atomic mass is 10.1. The molecule has 29 heavy (non-hydrogen) atoms. The molecule has 2 saturated heterocycles. The van der Waals surface area contributed by atoms with Gasteiger partial charge >= 0.3 is 0 Å². The van der Waals surface area contributed by atoms with E-state index in [9.17, 15) is 9.59 Å². The zero-order valence-electron chi connectivity index (χ0n) is 16.9. The highest BCUT2D eigenvalue weighted by Gasteiger charge is 2.24. The summed E-state index contributed by atoms with van der Waals surface area (Å²) in [5.41, 5.74) is 1.25. The molecule has 2 aliphatic rings. The minimum atomic E-state index is 0.00591. The highest BCUT2D eigenvalue weighted by Crippen LogP contribution is 2.22. The van der Waals surface area contributed by atoms with Gasteiger partial charge in [0.25, 0.3) is 5.91 Å². The SMILES string of the molecule is CC(=O)c1ccc(C(=O)N2CCN(c3cc(N4CCCCC4)ncn3)CC2)cc1. The molecular weight excluding hydrogens is 366 g/mol. The second-order valence-corrected chi connectivity index (χ2v) is 7.69. The van der Waals surface area contributed by atoms with Gasteiger partial charge in [-0.25, -0.2) is 9.97 Å². The molecule has 0 N–H and O–H groups in total. The van der Waals surface area contributed by atoms with Crippen LogP contribution in [0.5, 0.6) is 0 Å². The van der Waals surface area contributed by atoms with Gasteiger partial charge in [-0.2, -0.15) is 0 Å². The maximum atomic E-state index is 12.8. The number of nitrogens with zero attached hydrogens (tertiary/aromatic N) is 5. The third-order valence-electron chi connectivity index (χ3n) is 5.75. The van der Waals surface area contributed by atoms with Crippen LogP contribution in [0.2, 0.25) is 0 Å². The lowest BCUT2D eigenvalue weighted by Crippen LogP contribution is -2.49. The monoisotopic (exact) mass is 393 g/mol. The average molecular weight is 393 g/mol. The van der Waals surface area contributed by atoms with E-state index in [4.69, 9.17) is 0 Å². The molecule has 1 aromatic heterocycles. The summed E-state index contributed by atoms with van der Waals surface area (Å²) in [4.78, 5) is 39.5. The van der Waals surface area contributed by atoms with Crippen molar-refractivity contribution in [2.24, 2.45) is 0 Å². The first kappa shape index (κ1) is 19.4. The number of hydrogen-bond acceptors (Lipinski definition) is 6. The number of anilines is 2. The quantitative estimate of drug-likeness (QED) is 0.744. The number of carbonyl (C=O) groups is 2. The first-order chi connectivity index (χ1) is 14.1. The van der Waals surface area contributed by atoms with Crippen LogP contribution in [-0.4, -0.2) is 65.8 Å². The van der Waals surface area contributed by atoms with Gasteiger partial charge in [-0.15, -0.1) is 0 Å². The van der Waals surface area contributed by atoms with Crippen LogP contribution in [0.15, 0.2) is 36.7 Å². The highest BCUT2D eigenvalue weighted by molar-refractivity contribution is 5.97. The van der Waals surface area contributed by atoms with Crippen LogP contribution in [-0.2, 0) is 0 Å². The molecule has 0 spiro atoms. The van der Waals surface area contributed by atoms with Crippen molar-refractivity contribution in [2.75, 3.05) is 49.1 Å². The van der Waals surface area contributed by atoms with Gasteiger partial charge in [0.05, 0.1) is 0 Å². The predicted octanol–water partition coefficient (Wildman–Crippen LogP) is 2.63. The molecule has 0 bridgehead atoms. The van der Waals surface area contributed by atoms with E-state index in [1.54, 1.807) is 30.6 Å². The number of rotatable bonds is 4. The molecule has 152 valence electrons. The average Bonchev–Trinajstić information content (AvgIpc) is 2.79. The van der Waals surface area contributed by atoms with E-state index in [-0.39, 0.29) is 11.7 Å². The molecule has 7 heteroatoms. The third-order valence-corrected chi connectivity index (χ3v) is 5.75. The lowest BCUT2D eigenvalue weighted by Gasteiger charge is -2.36. The Balaban J connectivity index is 1.37. The first-order valence-corrected chi connectivity index (χ1v) is 10.3. The fourth-order valence-electron chi connectivity index (χ4n) is 3.97. The third kappa shape index (κ3) is 4.39. The normalized spacial score (nSPS) is 17.3. The number of carbonyl (C=O) groups excluding carboxylic acids is 2. The molecule has 7 nitrogen and oxygen atoms in total. The number of piperazine rings is 1. The lowest BCUT2D eigenvalue weighted by molar-refractivity contribution is 0.0746. The maximum absolute atomic E-state index is 12.8. The largest absolute Gasteiger partial charge is 0.356 e. The summed E-state index contributed by atoms with van der Waals surface area (Å²) in [5.74, 6) is 1.94. The van der Waals surface area contributed by atoms with Crippen molar-refractivity contribution in [1.29, 1.82) is 0 Å². The Bertz CT molecular complexity index is 869. The number of piperidine rings is 1. The Labute approximate surface area is 171 Å². The van der Waals surface area contributed by atoms with Gasteiger partial charge in [-0.3, -0.25) is 9.59 Å². The summed E-state index contributed by atoms with van der Waals surface area (Å²) in [6, 6.07) is 8.98. The van der Waals surface area contributed by atoms with E-state index in [0.29, 0.717) is 24.2 Å². The number of amides is 1. The number of benzene rings is 1. The van der Waals surface area contributed by atoms with Crippen molar-refractivity contribution >= 4 is 23.3 Å². The summed E-state index contributed by atoms with van der Waals surface area (Å²) >= 11 is 0. The maximum Gasteiger partial charge on any atom is 0.253 e. The van der Waals surface area contributed by atoms with Crippen LogP contribution in [0.3, 0.4) is 0 Å². The summed E-state index contributed by atoms with van der Waals surface area (Å²) in [6.45, 7) is 6.43. The van der Waals surface area contributed by atoms with Gasteiger partial charge in [-0.05, 0) is 38.3 Å². The van der Waals surface area contributed by atoms with Crippen molar-refractivity contribution in [3.63, 3.8) is 0 Å². The minimum absolute atomic E-state index is 0.00591. The molecule has 0 atom stereocenters. The minimum Gasteiger partial charge on any atom is -0.356 e. The fraction of sp³-hybridized carbons (Fsp3) is 0.455. The van der Waals surface area contributed by atoms with Crippen LogP contribution in [0.4, 0.5) is 11.6 Å². The van der Waals surface area contributed by atoms with Crippen molar-refractivity contribution in [2.45, 2.75) is 26.2 Å². The van der Waals surface area contributed by atoms with Crippen LogP contribution >= 0.6 is 0 Å². The fourth-order valence-corrected chi connectivity index (χ4v) is 3.97. The van der Waals surface area contributed by atoms with Gasteiger partial charge in [0, 0.05) is 56.5 Å². The van der Waals surface area contributed by atoms with E-state index < -0.39 is 0 Å². The standard InChI is InChI=1S/C22H27N5O2/c1-17(28)18-5-7-19(8-6-18)22(29)27-13-11-26(12-14-27)21-15-20(23-16-24-21)25-9-3-2-4-10-25/h5-8,15-16H,2-4,9-14H2,1H3. The van der Waals surface area contributed by atoms with Crippen molar-refractivity contribution < 1.29 is 9.59 Å². The van der Waals surface area contributed by atoms with Crippen LogP contribution in [0.25, 0.3) is 0 Å². The second-order valence-electron chi connectivity index (χ2n) is 7.69. The smallest absolute Gasteiger partial charge is 0.253 e. The van der Waals surface area contributed by atoms with E-state index in [0.717, 1.165) is 37.8 Å². The zero-order valence-corrected chi connectivity index (χ0v) is 16.9. The van der Waals surface area contributed by atoms with E-state index in [2.05, 4.69) is 25.8 Å². The molecule has 1 amide bonds. The Morgan fingerprint density at radius 3 is 1.90 bits per heavy atom.